The Balaban J connectivity index is 1.77. The molecule has 0 N–H and O–H groups in total. The van der Waals surface area contributed by atoms with E-state index in [-0.39, 0.29) is 0 Å². The summed E-state index contributed by atoms with van der Waals surface area (Å²) in [7, 11) is 0. The third kappa shape index (κ3) is 1.38. The lowest BCUT2D eigenvalue weighted by Crippen LogP contribution is -1.94. The number of alkyl halides is 1. The lowest BCUT2D eigenvalue weighted by Gasteiger charge is -2.05. The van der Waals surface area contributed by atoms with Crippen LogP contribution in [0.4, 0.5) is 0 Å². The Morgan fingerprint density at radius 2 is 2.00 bits per heavy atom. The highest BCUT2D eigenvalue weighted by molar-refractivity contribution is 7.11. The van der Waals surface area contributed by atoms with Crippen LogP contribution < -0.4 is 0 Å². The van der Waals surface area contributed by atoms with Gasteiger partial charge in [-0.2, -0.15) is 0 Å². The summed E-state index contributed by atoms with van der Waals surface area (Å²) in [5.74, 6) is 3.26. The molecule has 0 aliphatic heterocycles. The van der Waals surface area contributed by atoms with Gasteiger partial charge in [-0.3, -0.25) is 0 Å². The first-order valence-electron chi connectivity index (χ1n) is 4.75. The molecule has 2 saturated carbocycles. The van der Waals surface area contributed by atoms with Crippen LogP contribution in [0, 0.1) is 11.8 Å². The van der Waals surface area contributed by atoms with E-state index < -0.39 is 0 Å². The average molecular weight is 215 g/mol. The van der Waals surface area contributed by atoms with Gasteiger partial charge in [-0.25, -0.2) is 0 Å². The van der Waals surface area contributed by atoms with E-state index in [0.29, 0.717) is 11.8 Å². The van der Waals surface area contributed by atoms with Gasteiger partial charge in [-0.05, 0) is 31.1 Å². The predicted molar refractivity (Wildman–Crippen MR) is 53.0 cm³/mol. The Morgan fingerprint density at radius 1 is 1.23 bits per heavy atom. The molecule has 2 aliphatic carbocycles. The van der Waals surface area contributed by atoms with E-state index in [0.717, 1.165) is 16.8 Å². The summed E-state index contributed by atoms with van der Waals surface area (Å²) < 4.78 is 0. The smallest absolute Gasteiger partial charge is 0.132 e. The van der Waals surface area contributed by atoms with Gasteiger partial charge in [0.15, 0.2) is 0 Å². The Labute approximate surface area is 86.3 Å². The summed E-state index contributed by atoms with van der Waals surface area (Å²) in [6.45, 7) is 0. The first kappa shape index (κ1) is 8.18. The van der Waals surface area contributed by atoms with Crippen molar-refractivity contribution in [2.24, 2.45) is 11.8 Å². The normalized spacial score (nSPS) is 36.2. The maximum Gasteiger partial charge on any atom is 0.132 e. The van der Waals surface area contributed by atoms with E-state index in [9.17, 15) is 0 Å². The number of rotatable bonds is 2. The molecule has 13 heavy (non-hydrogen) atoms. The molecular formula is C9H11ClN2S. The van der Waals surface area contributed by atoms with Gasteiger partial charge in [0.1, 0.15) is 10.0 Å². The number of nitrogens with zero attached hydrogens (tertiary/aromatic N) is 2. The zero-order valence-corrected chi connectivity index (χ0v) is 8.81. The van der Waals surface area contributed by atoms with Crippen LogP contribution in [-0.2, 0) is 5.88 Å². The lowest BCUT2D eigenvalue weighted by molar-refractivity contribution is 0.614. The highest BCUT2D eigenvalue weighted by atomic mass is 35.5. The SMILES string of the molecule is ClCc1nnc(C2CC3CC3C2)s1. The fraction of sp³-hybridized carbons (Fsp3) is 0.778. The van der Waals surface area contributed by atoms with Gasteiger partial charge in [-0.1, -0.05) is 11.3 Å². The topological polar surface area (TPSA) is 25.8 Å². The van der Waals surface area contributed by atoms with Crippen molar-refractivity contribution in [2.45, 2.75) is 31.1 Å². The maximum atomic E-state index is 5.69. The van der Waals surface area contributed by atoms with E-state index in [1.807, 2.05) is 0 Å². The summed E-state index contributed by atoms with van der Waals surface area (Å²) in [5, 5.41) is 10.5. The van der Waals surface area contributed by atoms with Crippen molar-refractivity contribution >= 4 is 22.9 Å². The van der Waals surface area contributed by atoms with Crippen molar-refractivity contribution in [1.82, 2.24) is 10.2 Å². The molecule has 1 aromatic rings. The van der Waals surface area contributed by atoms with Crippen molar-refractivity contribution in [1.29, 1.82) is 0 Å². The fourth-order valence-corrected chi connectivity index (χ4v) is 3.44. The van der Waals surface area contributed by atoms with E-state index in [4.69, 9.17) is 11.6 Å². The Kier molecular flexibility index (Phi) is 1.84. The van der Waals surface area contributed by atoms with Crippen molar-refractivity contribution in [3.63, 3.8) is 0 Å². The summed E-state index contributed by atoms with van der Waals surface area (Å²) in [4.78, 5) is 0. The molecule has 70 valence electrons. The molecule has 0 bridgehead atoms. The Hall–Kier alpha value is -0.150. The van der Waals surface area contributed by atoms with Crippen LogP contribution in [0.1, 0.15) is 35.2 Å². The van der Waals surface area contributed by atoms with Gasteiger partial charge in [-0.15, -0.1) is 21.8 Å². The first-order valence-corrected chi connectivity index (χ1v) is 6.10. The second kappa shape index (κ2) is 2.92. The molecule has 1 heterocycles. The van der Waals surface area contributed by atoms with Crippen LogP contribution in [0.5, 0.6) is 0 Å². The average Bonchev–Trinajstić information content (AvgIpc) is 2.67. The molecule has 2 nitrogen and oxygen atoms in total. The maximum absolute atomic E-state index is 5.69. The van der Waals surface area contributed by atoms with Crippen molar-refractivity contribution in [2.75, 3.05) is 0 Å². The van der Waals surface area contributed by atoms with Crippen LogP contribution in [0.3, 0.4) is 0 Å². The minimum atomic E-state index is 0.511. The van der Waals surface area contributed by atoms with Crippen LogP contribution in [0.2, 0.25) is 0 Å². The van der Waals surface area contributed by atoms with Crippen LogP contribution >= 0.6 is 22.9 Å². The molecule has 0 amide bonds. The lowest BCUT2D eigenvalue weighted by atomic mass is 10.1. The van der Waals surface area contributed by atoms with E-state index >= 15 is 0 Å². The largest absolute Gasteiger partial charge is 0.143 e. The molecule has 0 aromatic carbocycles. The number of halogens is 1. The molecule has 0 saturated heterocycles. The van der Waals surface area contributed by atoms with Gasteiger partial charge < -0.3 is 0 Å². The van der Waals surface area contributed by atoms with Crippen molar-refractivity contribution in [3.05, 3.63) is 10.0 Å². The summed E-state index contributed by atoms with van der Waals surface area (Å²) in [6.07, 6.45) is 4.17. The molecule has 4 heteroatoms. The minimum Gasteiger partial charge on any atom is -0.143 e. The van der Waals surface area contributed by atoms with Crippen molar-refractivity contribution in [3.8, 4) is 0 Å². The van der Waals surface area contributed by atoms with E-state index in [2.05, 4.69) is 10.2 Å². The molecule has 2 unspecified atom stereocenters. The van der Waals surface area contributed by atoms with Crippen LogP contribution in [-0.4, -0.2) is 10.2 Å². The third-order valence-electron chi connectivity index (χ3n) is 3.19. The van der Waals surface area contributed by atoms with Gasteiger partial charge in [0.05, 0.1) is 5.88 Å². The zero-order chi connectivity index (χ0) is 8.84. The van der Waals surface area contributed by atoms with E-state index in [1.165, 1.54) is 24.3 Å². The molecule has 2 fully saturated rings. The highest BCUT2D eigenvalue weighted by Gasteiger charge is 2.47. The predicted octanol–water partition coefficient (Wildman–Crippen LogP) is 2.79. The zero-order valence-electron chi connectivity index (χ0n) is 7.24. The van der Waals surface area contributed by atoms with Gasteiger partial charge in [0.2, 0.25) is 0 Å². The van der Waals surface area contributed by atoms with Crippen molar-refractivity contribution < 1.29 is 0 Å². The second-order valence-electron chi connectivity index (χ2n) is 4.09. The van der Waals surface area contributed by atoms with Crippen LogP contribution in [0.25, 0.3) is 0 Å². The first-order chi connectivity index (χ1) is 6.36. The molecule has 1 aromatic heterocycles. The molecular weight excluding hydrogens is 204 g/mol. The summed E-state index contributed by atoms with van der Waals surface area (Å²) in [5.41, 5.74) is 0. The highest BCUT2D eigenvalue weighted by Crippen LogP contribution is 2.57. The number of fused-ring (bicyclic) bond motifs is 1. The minimum absolute atomic E-state index is 0.511. The summed E-state index contributed by atoms with van der Waals surface area (Å²) >= 11 is 7.39. The fourth-order valence-electron chi connectivity index (χ4n) is 2.40. The molecule has 0 radical (unpaired) electrons. The third-order valence-corrected chi connectivity index (χ3v) is 4.69. The van der Waals surface area contributed by atoms with E-state index in [1.54, 1.807) is 11.3 Å². The number of aromatic nitrogens is 2. The monoisotopic (exact) mass is 214 g/mol. The van der Waals surface area contributed by atoms with Gasteiger partial charge >= 0.3 is 0 Å². The molecule has 0 spiro atoms. The van der Waals surface area contributed by atoms with Gasteiger partial charge in [0, 0.05) is 5.92 Å². The van der Waals surface area contributed by atoms with Gasteiger partial charge in [0.25, 0.3) is 0 Å². The molecule has 2 aliphatic rings. The van der Waals surface area contributed by atoms with Crippen LogP contribution in [0.15, 0.2) is 0 Å². The quantitative estimate of drug-likeness (QED) is 0.708. The Morgan fingerprint density at radius 3 is 2.62 bits per heavy atom. The molecule has 3 rings (SSSR count). The Bertz CT molecular complexity index is 315. The number of hydrogen-bond acceptors (Lipinski definition) is 3. The second-order valence-corrected chi connectivity index (χ2v) is 5.45. The number of hydrogen-bond donors (Lipinski definition) is 0. The standard InChI is InChI=1S/C9H11ClN2S/c10-4-8-11-12-9(13-8)7-2-5-1-6(5)3-7/h5-7H,1-4H2. The molecule has 2 atom stereocenters. The summed E-state index contributed by atoms with van der Waals surface area (Å²) in [6, 6.07) is 0.